The maximum atomic E-state index is 11.7. The van der Waals surface area contributed by atoms with Crippen LogP contribution < -0.4 is 5.32 Å². The van der Waals surface area contributed by atoms with Crippen molar-refractivity contribution >= 4 is 17.2 Å². The number of aliphatic hydroxyl groups excluding tert-OH is 1. The third kappa shape index (κ3) is 5.39. The summed E-state index contributed by atoms with van der Waals surface area (Å²) in [4.78, 5) is 17.2. The SMILES string of the molecule is CCCNC(=O)CN1CCN(C[C@H](O)c2cccs2)CC1. The van der Waals surface area contributed by atoms with Gasteiger partial charge in [-0.15, -0.1) is 11.3 Å². The summed E-state index contributed by atoms with van der Waals surface area (Å²) < 4.78 is 0. The van der Waals surface area contributed by atoms with Gasteiger partial charge in [-0.25, -0.2) is 0 Å². The van der Waals surface area contributed by atoms with Gasteiger partial charge >= 0.3 is 0 Å². The first-order valence-corrected chi connectivity index (χ1v) is 8.50. The largest absolute Gasteiger partial charge is 0.386 e. The van der Waals surface area contributed by atoms with E-state index < -0.39 is 6.10 Å². The number of hydrogen-bond donors (Lipinski definition) is 2. The lowest BCUT2D eigenvalue weighted by atomic mass is 10.2. The van der Waals surface area contributed by atoms with Crippen LogP contribution in [-0.4, -0.2) is 66.6 Å². The summed E-state index contributed by atoms with van der Waals surface area (Å²) >= 11 is 1.60. The molecule has 1 aromatic rings. The molecule has 0 spiro atoms. The summed E-state index contributed by atoms with van der Waals surface area (Å²) in [6.07, 6.45) is 0.574. The van der Waals surface area contributed by atoms with Crippen LogP contribution in [0.5, 0.6) is 0 Å². The van der Waals surface area contributed by atoms with Crippen LogP contribution in [0.4, 0.5) is 0 Å². The molecular formula is C15H25N3O2S. The number of carbonyl (C=O) groups is 1. The lowest BCUT2D eigenvalue weighted by Gasteiger charge is -2.35. The molecule has 1 aromatic heterocycles. The lowest BCUT2D eigenvalue weighted by molar-refractivity contribution is -0.122. The minimum Gasteiger partial charge on any atom is -0.386 e. The Kier molecular flexibility index (Phi) is 6.63. The Morgan fingerprint density at radius 1 is 1.38 bits per heavy atom. The number of nitrogens with zero attached hydrogens (tertiary/aromatic N) is 2. The van der Waals surface area contributed by atoms with Crippen LogP contribution >= 0.6 is 11.3 Å². The molecule has 1 atom stereocenters. The highest BCUT2D eigenvalue weighted by molar-refractivity contribution is 7.10. The van der Waals surface area contributed by atoms with Crippen LogP contribution in [0.25, 0.3) is 0 Å². The molecule has 1 aliphatic heterocycles. The number of aliphatic hydroxyl groups is 1. The highest BCUT2D eigenvalue weighted by Gasteiger charge is 2.21. The van der Waals surface area contributed by atoms with E-state index in [4.69, 9.17) is 0 Å². The van der Waals surface area contributed by atoms with Gasteiger partial charge in [0.05, 0.1) is 6.54 Å². The van der Waals surface area contributed by atoms with E-state index in [0.717, 1.165) is 44.0 Å². The van der Waals surface area contributed by atoms with Crippen molar-refractivity contribution in [2.75, 3.05) is 45.8 Å². The second kappa shape index (κ2) is 8.48. The van der Waals surface area contributed by atoms with E-state index in [2.05, 4.69) is 22.0 Å². The number of nitrogens with one attached hydrogen (secondary N) is 1. The fourth-order valence-corrected chi connectivity index (χ4v) is 3.17. The maximum absolute atomic E-state index is 11.7. The predicted molar refractivity (Wildman–Crippen MR) is 85.5 cm³/mol. The molecule has 1 saturated heterocycles. The topological polar surface area (TPSA) is 55.8 Å². The summed E-state index contributed by atoms with van der Waals surface area (Å²) in [7, 11) is 0. The van der Waals surface area contributed by atoms with Gasteiger partial charge in [0.15, 0.2) is 0 Å². The van der Waals surface area contributed by atoms with Crippen molar-refractivity contribution in [3.63, 3.8) is 0 Å². The number of piperazine rings is 1. The highest BCUT2D eigenvalue weighted by Crippen LogP contribution is 2.20. The summed E-state index contributed by atoms with van der Waals surface area (Å²) in [5.41, 5.74) is 0. The van der Waals surface area contributed by atoms with Crippen LogP contribution in [-0.2, 0) is 4.79 Å². The molecule has 21 heavy (non-hydrogen) atoms. The van der Waals surface area contributed by atoms with Gasteiger partial charge in [-0.3, -0.25) is 14.6 Å². The minimum atomic E-state index is -0.399. The van der Waals surface area contributed by atoms with Crippen molar-refractivity contribution in [3.05, 3.63) is 22.4 Å². The highest BCUT2D eigenvalue weighted by atomic mass is 32.1. The smallest absolute Gasteiger partial charge is 0.234 e. The first-order valence-electron chi connectivity index (χ1n) is 7.62. The van der Waals surface area contributed by atoms with Crippen LogP contribution in [0, 0.1) is 0 Å². The number of rotatable bonds is 7. The number of carbonyl (C=O) groups excluding carboxylic acids is 1. The molecule has 2 rings (SSSR count). The van der Waals surface area contributed by atoms with Gasteiger partial charge < -0.3 is 10.4 Å². The fourth-order valence-electron chi connectivity index (χ4n) is 2.47. The molecule has 2 N–H and O–H groups in total. The quantitative estimate of drug-likeness (QED) is 0.786. The van der Waals surface area contributed by atoms with Crippen molar-refractivity contribution in [2.45, 2.75) is 19.4 Å². The molecule has 5 nitrogen and oxygen atoms in total. The summed E-state index contributed by atoms with van der Waals surface area (Å²) in [5.74, 6) is 0.115. The molecular weight excluding hydrogens is 286 g/mol. The lowest BCUT2D eigenvalue weighted by Crippen LogP contribution is -2.50. The van der Waals surface area contributed by atoms with Crippen molar-refractivity contribution < 1.29 is 9.90 Å². The van der Waals surface area contributed by atoms with E-state index >= 15 is 0 Å². The van der Waals surface area contributed by atoms with Gasteiger partial charge in [-0.05, 0) is 17.9 Å². The van der Waals surface area contributed by atoms with Gasteiger partial charge in [0.25, 0.3) is 0 Å². The number of β-amino-alcohol motifs (C(OH)–C–C–N with tert-alkyl or cyclic N) is 1. The second-order valence-electron chi connectivity index (χ2n) is 5.46. The molecule has 0 radical (unpaired) electrons. The van der Waals surface area contributed by atoms with E-state index in [-0.39, 0.29) is 5.91 Å². The molecule has 0 unspecified atom stereocenters. The standard InChI is InChI=1S/C15H25N3O2S/c1-2-5-16-15(20)12-18-8-6-17(7-9-18)11-13(19)14-4-3-10-21-14/h3-4,10,13,19H,2,5-9,11-12H2,1H3,(H,16,20)/t13-/m0/s1. The third-order valence-corrected chi connectivity index (χ3v) is 4.68. The summed E-state index contributed by atoms with van der Waals surface area (Å²) in [6, 6.07) is 3.94. The van der Waals surface area contributed by atoms with E-state index in [1.807, 2.05) is 17.5 Å². The zero-order chi connectivity index (χ0) is 15.1. The van der Waals surface area contributed by atoms with Crippen molar-refractivity contribution in [1.82, 2.24) is 15.1 Å². The zero-order valence-corrected chi connectivity index (χ0v) is 13.4. The van der Waals surface area contributed by atoms with Gasteiger partial charge in [0, 0.05) is 44.1 Å². The average Bonchev–Trinajstić information content (AvgIpc) is 3.01. The van der Waals surface area contributed by atoms with Crippen LogP contribution in [0.15, 0.2) is 17.5 Å². The molecule has 0 aromatic carbocycles. The average molecular weight is 311 g/mol. The number of thiophene rings is 1. The number of amides is 1. The van der Waals surface area contributed by atoms with E-state index in [9.17, 15) is 9.90 Å². The number of hydrogen-bond acceptors (Lipinski definition) is 5. The van der Waals surface area contributed by atoms with Crippen molar-refractivity contribution in [3.8, 4) is 0 Å². The zero-order valence-electron chi connectivity index (χ0n) is 12.6. The Morgan fingerprint density at radius 2 is 2.10 bits per heavy atom. The molecule has 1 amide bonds. The van der Waals surface area contributed by atoms with Crippen LogP contribution in [0.3, 0.4) is 0 Å². The molecule has 0 aliphatic carbocycles. The van der Waals surface area contributed by atoms with E-state index in [1.54, 1.807) is 11.3 Å². The summed E-state index contributed by atoms with van der Waals surface area (Å²) in [6.45, 7) is 7.56. The first kappa shape index (κ1) is 16.4. The van der Waals surface area contributed by atoms with Crippen LogP contribution in [0.2, 0.25) is 0 Å². The summed E-state index contributed by atoms with van der Waals surface area (Å²) in [5, 5.41) is 15.1. The molecule has 118 valence electrons. The molecule has 2 heterocycles. The molecule has 1 fully saturated rings. The normalized spacial score (nSPS) is 18.6. The predicted octanol–water partition coefficient (Wildman–Crippen LogP) is 0.925. The Bertz CT molecular complexity index is 417. The Hall–Kier alpha value is -0.950. The third-order valence-electron chi connectivity index (χ3n) is 3.71. The van der Waals surface area contributed by atoms with Gasteiger partial charge in [0.2, 0.25) is 5.91 Å². The molecule has 0 bridgehead atoms. The van der Waals surface area contributed by atoms with Gasteiger partial charge in [-0.1, -0.05) is 13.0 Å². The van der Waals surface area contributed by atoms with Gasteiger partial charge in [-0.2, -0.15) is 0 Å². The van der Waals surface area contributed by atoms with Crippen molar-refractivity contribution in [2.24, 2.45) is 0 Å². The van der Waals surface area contributed by atoms with E-state index in [0.29, 0.717) is 13.1 Å². The Morgan fingerprint density at radius 3 is 2.71 bits per heavy atom. The Labute approximate surface area is 130 Å². The van der Waals surface area contributed by atoms with E-state index in [1.165, 1.54) is 0 Å². The maximum Gasteiger partial charge on any atom is 0.234 e. The van der Waals surface area contributed by atoms with Crippen molar-refractivity contribution in [1.29, 1.82) is 0 Å². The second-order valence-corrected chi connectivity index (χ2v) is 6.44. The minimum absolute atomic E-state index is 0.115. The van der Waals surface area contributed by atoms with Gasteiger partial charge in [0.1, 0.15) is 6.10 Å². The monoisotopic (exact) mass is 311 g/mol. The first-order chi connectivity index (χ1) is 10.2. The fraction of sp³-hybridized carbons (Fsp3) is 0.667. The molecule has 0 saturated carbocycles. The molecule has 6 heteroatoms. The Balaban J connectivity index is 1.67. The molecule has 1 aliphatic rings. The van der Waals surface area contributed by atoms with Crippen LogP contribution in [0.1, 0.15) is 24.3 Å².